The molecule has 0 saturated carbocycles. The zero-order valence-corrected chi connectivity index (χ0v) is 13.5. The summed E-state index contributed by atoms with van der Waals surface area (Å²) in [4.78, 5) is 1.33. The molecular weight excluding hydrogens is 290 g/mol. The summed E-state index contributed by atoms with van der Waals surface area (Å²) in [5.41, 5.74) is 4.67. The lowest BCUT2D eigenvalue weighted by molar-refractivity contribution is 0.721. The van der Waals surface area contributed by atoms with Gasteiger partial charge in [-0.15, -0.1) is 11.8 Å². The van der Waals surface area contributed by atoms with Crippen LogP contribution in [0.2, 0.25) is 5.02 Å². The fourth-order valence-electron chi connectivity index (χ4n) is 2.67. The van der Waals surface area contributed by atoms with Crippen LogP contribution in [-0.4, -0.2) is 15.5 Å². The standard InChI is InChI=1S/C15H18ClN3S/c1-9-15(10(2)19(3)18-9)17-13-6-7-20-14-5-4-11(16)8-12(13)14/h4-5,8,13,17H,6-7H2,1-3H3. The lowest BCUT2D eigenvalue weighted by Gasteiger charge is -2.27. The van der Waals surface area contributed by atoms with Crippen LogP contribution in [0.4, 0.5) is 5.69 Å². The smallest absolute Gasteiger partial charge is 0.0828 e. The van der Waals surface area contributed by atoms with Crippen molar-refractivity contribution in [2.75, 3.05) is 11.1 Å². The van der Waals surface area contributed by atoms with Crippen LogP contribution in [0.15, 0.2) is 23.1 Å². The third kappa shape index (κ3) is 2.42. The monoisotopic (exact) mass is 307 g/mol. The number of hydrogen-bond acceptors (Lipinski definition) is 3. The van der Waals surface area contributed by atoms with E-state index in [0.29, 0.717) is 6.04 Å². The van der Waals surface area contributed by atoms with Gasteiger partial charge in [-0.1, -0.05) is 11.6 Å². The first-order valence-corrected chi connectivity index (χ1v) is 8.11. The minimum Gasteiger partial charge on any atom is -0.375 e. The highest BCUT2D eigenvalue weighted by Crippen LogP contribution is 2.39. The molecule has 106 valence electrons. The summed E-state index contributed by atoms with van der Waals surface area (Å²) in [6.07, 6.45) is 1.10. The van der Waals surface area contributed by atoms with E-state index in [1.54, 1.807) is 0 Å². The normalized spacial score (nSPS) is 17.9. The molecular formula is C15H18ClN3S. The van der Waals surface area contributed by atoms with Gasteiger partial charge in [0, 0.05) is 22.7 Å². The first kappa shape index (κ1) is 13.8. The van der Waals surface area contributed by atoms with Gasteiger partial charge in [0.05, 0.1) is 23.1 Å². The highest BCUT2D eigenvalue weighted by Gasteiger charge is 2.23. The Labute approximate surface area is 128 Å². The Morgan fingerprint density at radius 3 is 2.90 bits per heavy atom. The number of rotatable bonds is 2. The Bertz CT molecular complexity index is 651. The number of fused-ring (bicyclic) bond motifs is 1. The van der Waals surface area contributed by atoms with Crippen molar-refractivity contribution in [3.63, 3.8) is 0 Å². The molecule has 3 rings (SSSR count). The summed E-state index contributed by atoms with van der Waals surface area (Å²) >= 11 is 8.06. The second-order valence-electron chi connectivity index (χ2n) is 5.19. The molecule has 0 fully saturated rings. The Balaban J connectivity index is 1.95. The van der Waals surface area contributed by atoms with Crippen LogP contribution in [0.25, 0.3) is 0 Å². The van der Waals surface area contributed by atoms with E-state index in [9.17, 15) is 0 Å². The number of nitrogens with one attached hydrogen (secondary N) is 1. The quantitative estimate of drug-likeness (QED) is 0.895. The number of anilines is 1. The first-order valence-electron chi connectivity index (χ1n) is 6.75. The number of thioether (sulfide) groups is 1. The zero-order valence-electron chi connectivity index (χ0n) is 11.9. The van der Waals surface area contributed by atoms with E-state index in [1.165, 1.54) is 16.2 Å². The van der Waals surface area contributed by atoms with Gasteiger partial charge in [0.2, 0.25) is 0 Å². The molecule has 1 N–H and O–H groups in total. The van der Waals surface area contributed by atoms with Crippen LogP contribution < -0.4 is 5.32 Å². The molecule has 0 aliphatic carbocycles. The van der Waals surface area contributed by atoms with Gasteiger partial charge < -0.3 is 5.32 Å². The number of halogens is 1. The molecule has 1 aromatic heterocycles. The third-order valence-electron chi connectivity index (χ3n) is 3.84. The van der Waals surface area contributed by atoms with Gasteiger partial charge in [-0.3, -0.25) is 4.68 Å². The molecule has 0 radical (unpaired) electrons. The molecule has 3 nitrogen and oxygen atoms in total. The van der Waals surface area contributed by atoms with E-state index in [4.69, 9.17) is 11.6 Å². The second kappa shape index (κ2) is 5.34. The van der Waals surface area contributed by atoms with E-state index < -0.39 is 0 Å². The first-order chi connectivity index (χ1) is 9.56. The van der Waals surface area contributed by atoms with Crippen LogP contribution >= 0.6 is 23.4 Å². The Hall–Kier alpha value is -1.13. The molecule has 0 amide bonds. The minimum absolute atomic E-state index is 0.312. The number of nitrogens with zero attached hydrogens (tertiary/aromatic N) is 2. The van der Waals surface area contributed by atoms with Crippen molar-refractivity contribution >= 4 is 29.1 Å². The molecule has 2 heterocycles. The second-order valence-corrected chi connectivity index (χ2v) is 6.76. The Morgan fingerprint density at radius 2 is 2.20 bits per heavy atom. The summed E-state index contributed by atoms with van der Waals surface area (Å²) in [6, 6.07) is 6.49. The minimum atomic E-state index is 0.312. The summed E-state index contributed by atoms with van der Waals surface area (Å²) in [7, 11) is 1.98. The molecule has 0 bridgehead atoms. The maximum Gasteiger partial charge on any atom is 0.0828 e. The topological polar surface area (TPSA) is 29.9 Å². The highest BCUT2D eigenvalue weighted by molar-refractivity contribution is 7.99. The maximum absolute atomic E-state index is 6.16. The van der Waals surface area contributed by atoms with Crippen molar-refractivity contribution in [3.8, 4) is 0 Å². The van der Waals surface area contributed by atoms with E-state index in [0.717, 1.165) is 28.6 Å². The molecule has 0 saturated heterocycles. The van der Waals surface area contributed by atoms with Gasteiger partial charge in [0.1, 0.15) is 0 Å². The van der Waals surface area contributed by atoms with Gasteiger partial charge in [-0.25, -0.2) is 0 Å². The molecule has 0 spiro atoms. The average Bonchev–Trinajstić information content (AvgIpc) is 2.66. The molecule has 1 aliphatic rings. The van der Waals surface area contributed by atoms with Crippen molar-refractivity contribution in [2.45, 2.75) is 31.2 Å². The number of aromatic nitrogens is 2. The van der Waals surface area contributed by atoms with E-state index in [-0.39, 0.29) is 0 Å². The van der Waals surface area contributed by atoms with Gasteiger partial charge in [0.15, 0.2) is 0 Å². The lowest BCUT2D eigenvalue weighted by atomic mass is 10.0. The van der Waals surface area contributed by atoms with E-state index in [2.05, 4.69) is 29.5 Å². The molecule has 20 heavy (non-hydrogen) atoms. The zero-order chi connectivity index (χ0) is 14.3. The third-order valence-corrected chi connectivity index (χ3v) is 5.20. The SMILES string of the molecule is Cc1nn(C)c(C)c1NC1CCSc2ccc(Cl)cc21. The van der Waals surface area contributed by atoms with Crippen LogP contribution in [0, 0.1) is 13.8 Å². The Morgan fingerprint density at radius 1 is 1.40 bits per heavy atom. The highest BCUT2D eigenvalue weighted by atomic mass is 35.5. The summed E-state index contributed by atoms with van der Waals surface area (Å²) in [5.74, 6) is 1.13. The number of hydrogen-bond donors (Lipinski definition) is 1. The molecule has 1 atom stereocenters. The lowest BCUT2D eigenvalue weighted by Crippen LogP contribution is -2.17. The van der Waals surface area contributed by atoms with Crippen molar-refractivity contribution in [1.29, 1.82) is 0 Å². The Kier molecular flexibility index (Phi) is 3.69. The van der Waals surface area contributed by atoms with Crippen molar-refractivity contribution < 1.29 is 0 Å². The number of aryl methyl sites for hydroxylation is 2. The van der Waals surface area contributed by atoms with Crippen LogP contribution in [0.3, 0.4) is 0 Å². The molecule has 1 unspecified atom stereocenters. The summed E-state index contributed by atoms with van der Waals surface area (Å²) < 4.78 is 1.92. The summed E-state index contributed by atoms with van der Waals surface area (Å²) in [6.45, 7) is 4.14. The van der Waals surface area contributed by atoms with Crippen molar-refractivity contribution in [3.05, 3.63) is 40.2 Å². The fraction of sp³-hybridized carbons (Fsp3) is 0.400. The van der Waals surface area contributed by atoms with Crippen LogP contribution in [0.1, 0.15) is 29.4 Å². The maximum atomic E-state index is 6.16. The average molecular weight is 308 g/mol. The van der Waals surface area contributed by atoms with E-state index in [1.807, 2.05) is 36.5 Å². The molecule has 5 heteroatoms. The molecule has 2 aromatic rings. The van der Waals surface area contributed by atoms with Crippen LogP contribution in [-0.2, 0) is 7.05 Å². The number of benzene rings is 1. The summed E-state index contributed by atoms with van der Waals surface area (Å²) in [5, 5.41) is 8.94. The van der Waals surface area contributed by atoms with Crippen molar-refractivity contribution in [2.24, 2.45) is 7.05 Å². The van der Waals surface area contributed by atoms with Gasteiger partial charge in [-0.2, -0.15) is 5.10 Å². The van der Waals surface area contributed by atoms with E-state index >= 15 is 0 Å². The van der Waals surface area contributed by atoms with Gasteiger partial charge in [0.25, 0.3) is 0 Å². The van der Waals surface area contributed by atoms with Gasteiger partial charge >= 0.3 is 0 Å². The van der Waals surface area contributed by atoms with Gasteiger partial charge in [-0.05, 0) is 44.0 Å². The fourth-order valence-corrected chi connectivity index (χ4v) is 3.96. The molecule has 1 aromatic carbocycles. The predicted octanol–water partition coefficient (Wildman–Crippen LogP) is 4.34. The van der Waals surface area contributed by atoms with Crippen LogP contribution in [0.5, 0.6) is 0 Å². The molecule has 1 aliphatic heterocycles. The largest absolute Gasteiger partial charge is 0.375 e. The predicted molar refractivity (Wildman–Crippen MR) is 85.8 cm³/mol. The van der Waals surface area contributed by atoms with Crippen molar-refractivity contribution in [1.82, 2.24) is 9.78 Å².